The molecule has 0 atom stereocenters. The zero-order valence-electron chi connectivity index (χ0n) is 10.8. The fourth-order valence-corrected chi connectivity index (χ4v) is 2.22. The van der Waals surface area contributed by atoms with Gasteiger partial charge in [0.15, 0.2) is 0 Å². The number of fused-ring (bicyclic) bond motifs is 1. The Balaban J connectivity index is 2.99. The average molecular weight is 244 g/mol. The van der Waals surface area contributed by atoms with Gasteiger partial charge in [0.1, 0.15) is 5.56 Å². The quantitative estimate of drug-likeness (QED) is 0.870. The Morgan fingerprint density at radius 3 is 2.61 bits per heavy atom. The number of hydrogen-bond donors (Lipinski definition) is 1. The van der Waals surface area contributed by atoms with Gasteiger partial charge in [0.25, 0.3) is 5.91 Å². The first kappa shape index (κ1) is 12.4. The smallest absolute Gasteiger partial charge is 0.254 e. The number of carbonyl (C=O) groups is 1. The Morgan fingerprint density at radius 1 is 1.39 bits per heavy atom. The molecule has 4 heteroatoms. The van der Waals surface area contributed by atoms with Crippen LogP contribution in [0.15, 0.2) is 23.0 Å². The number of primary amides is 1. The molecule has 0 aliphatic carbocycles. The predicted octanol–water partition coefficient (Wildman–Crippen LogP) is 1.51. The third kappa shape index (κ3) is 1.70. The van der Waals surface area contributed by atoms with E-state index in [1.165, 1.54) is 0 Å². The van der Waals surface area contributed by atoms with Gasteiger partial charge in [0.05, 0.1) is 5.52 Å². The molecule has 2 N–H and O–H groups in total. The Labute approximate surface area is 105 Å². The van der Waals surface area contributed by atoms with E-state index in [1.807, 2.05) is 36.7 Å². The second kappa shape index (κ2) is 4.29. The van der Waals surface area contributed by atoms with Crippen molar-refractivity contribution in [3.8, 4) is 0 Å². The van der Waals surface area contributed by atoms with Gasteiger partial charge < -0.3 is 10.3 Å². The number of hydrogen-bond acceptors (Lipinski definition) is 2. The van der Waals surface area contributed by atoms with Gasteiger partial charge in [-0.1, -0.05) is 13.0 Å². The van der Waals surface area contributed by atoms with Crippen molar-refractivity contribution in [1.29, 1.82) is 0 Å². The molecule has 0 aliphatic rings. The summed E-state index contributed by atoms with van der Waals surface area (Å²) in [5, 5.41) is 0.552. The van der Waals surface area contributed by atoms with E-state index in [0.29, 0.717) is 11.1 Å². The van der Waals surface area contributed by atoms with Crippen molar-refractivity contribution in [3.05, 3.63) is 45.2 Å². The largest absolute Gasteiger partial charge is 0.365 e. The number of amides is 1. The van der Waals surface area contributed by atoms with E-state index in [-0.39, 0.29) is 11.0 Å². The van der Waals surface area contributed by atoms with Crippen LogP contribution in [0.1, 0.15) is 28.5 Å². The molecule has 0 saturated heterocycles. The highest BCUT2D eigenvalue weighted by atomic mass is 16.2. The van der Waals surface area contributed by atoms with Crippen molar-refractivity contribution in [2.45, 2.75) is 20.3 Å². The topological polar surface area (TPSA) is 65.1 Å². The molecule has 2 aromatic rings. The van der Waals surface area contributed by atoms with E-state index in [4.69, 9.17) is 5.73 Å². The Morgan fingerprint density at radius 2 is 2.06 bits per heavy atom. The summed E-state index contributed by atoms with van der Waals surface area (Å²) in [4.78, 5) is 23.7. The normalized spacial score (nSPS) is 10.8. The van der Waals surface area contributed by atoms with Gasteiger partial charge in [-0.25, -0.2) is 0 Å². The number of nitrogens with two attached hydrogens (primary N) is 1. The molecule has 0 radical (unpaired) electrons. The lowest BCUT2D eigenvalue weighted by Crippen LogP contribution is -2.26. The standard InChI is InChI=1S/C14H16N2O2/c1-4-9-5-6-11-10(7-9)13(17)12(14(15)18)8(2)16(11)3/h5-7H,4H2,1-3H3,(H2,15,18). The maximum atomic E-state index is 12.3. The molecule has 1 heterocycles. The second-order valence-corrected chi connectivity index (χ2v) is 4.42. The van der Waals surface area contributed by atoms with E-state index in [2.05, 4.69) is 0 Å². The number of carbonyl (C=O) groups excluding carboxylic acids is 1. The second-order valence-electron chi connectivity index (χ2n) is 4.42. The number of pyridine rings is 1. The number of nitrogens with zero attached hydrogens (tertiary/aromatic N) is 1. The van der Waals surface area contributed by atoms with Crippen molar-refractivity contribution >= 4 is 16.8 Å². The lowest BCUT2D eigenvalue weighted by molar-refractivity contribution is 0.0998. The van der Waals surface area contributed by atoms with Crippen LogP contribution < -0.4 is 11.2 Å². The lowest BCUT2D eigenvalue weighted by Gasteiger charge is -2.13. The molecule has 0 saturated carbocycles. The molecule has 1 amide bonds. The van der Waals surface area contributed by atoms with Crippen molar-refractivity contribution in [2.24, 2.45) is 12.8 Å². The maximum Gasteiger partial charge on any atom is 0.254 e. The maximum absolute atomic E-state index is 12.3. The summed E-state index contributed by atoms with van der Waals surface area (Å²) in [5.41, 5.74) is 7.59. The highest BCUT2D eigenvalue weighted by Crippen LogP contribution is 2.16. The van der Waals surface area contributed by atoms with Gasteiger partial charge >= 0.3 is 0 Å². The zero-order chi connectivity index (χ0) is 13.4. The van der Waals surface area contributed by atoms with Crippen molar-refractivity contribution < 1.29 is 4.79 Å². The predicted molar refractivity (Wildman–Crippen MR) is 71.8 cm³/mol. The van der Waals surface area contributed by atoms with Gasteiger partial charge in [-0.05, 0) is 31.0 Å². The molecule has 0 fully saturated rings. The summed E-state index contributed by atoms with van der Waals surface area (Å²) in [5.74, 6) is -0.670. The molecule has 0 unspecified atom stereocenters. The minimum Gasteiger partial charge on any atom is -0.365 e. The van der Waals surface area contributed by atoms with Gasteiger partial charge in [0.2, 0.25) is 5.43 Å². The number of rotatable bonds is 2. The van der Waals surface area contributed by atoms with Crippen molar-refractivity contribution in [1.82, 2.24) is 4.57 Å². The Bertz CT molecular complexity index is 699. The van der Waals surface area contributed by atoms with Gasteiger partial charge in [-0.15, -0.1) is 0 Å². The van der Waals surface area contributed by atoms with Crippen LogP contribution in [0.25, 0.3) is 10.9 Å². The fourth-order valence-electron chi connectivity index (χ4n) is 2.22. The molecule has 1 aromatic heterocycles. The molecule has 2 rings (SSSR count). The summed E-state index contributed by atoms with van der Waals surface area (Å²) in [6, 6.07) is 5.74. The van der Waals surface area contributed by atoms with E-state index in [1.54, 1.807) is 6.92 Å². The Hall–Kier alpha value is -2.10. The van der Waals surface area contributed by atoms with Crippen LogP contribution in [0.3, 0.4) is 0 Å². The number of aryl methyl sites for hydroxylation is 2. The van der Waals surface area contributed by atoms with Crippen LogP contribution in [0.2, 0.25) is 0 Å². The minimum atomic E-state index is -0.670. The molecule has 1 aromatic carbocycles. The van der Waals surface area contributed by atoms with Crippen molar-refractivity contribution in [2.75, 3.05) is 0 Å². The zero-order valence-corrected chi connectivity index (χ0v) is 10.8. The van der Waals surface area contributed by atoms with Gasteiger partial charge in [-0.2, -0.15) is 0 Å². The molecular formula is C14H16N2O2. The monoisotopic (exact) mass is 244 g/mol. The van der Waals surface area contributed by atoms with E-state index >= 15 is 0 Å². The molecule has 94 valence electrons. The first-order valence-electron chi connectivity index (χ1n) is 5.89. The van der Waals surface area contributed by atoms with Crippen LogP contribution in [0.4, 0.5) is 0 Å². The van der Waals surface area contributed by atoms with Crippen LogP contribution in [-0.4, -0.2) is 10.5 Å². The third-order valence-electron chi connectivity index (χ3n) is 3.41. The summed E-state index contributed by atoms with van der Waals surface area (Å²) in [6.07, 6.45) is 0.846. The molecule has 18 heavy (non-hydrogen) atoms. The van der Waals surface area contributed by atoms with Crippen LogP contribution in [0, 0.1) is 6.92 Å². The number of benzene rings is 1. The molecule has 0 aliphatic heterocycles. The van der Waals surface area contributed by atoms with E-state index < -0.39 is 5.91 Å². The van der Waals surface area contributed by atoms with Crippen LogP contribution in [0.5, 0.6) is 0 Å². The summed E-state index contributed by atoms with van der Waals surface area (Å²) < 4.78 is 1.83. The highest BCUT2D eigenvalue weighted by Gasteiger charge is 2.16. The highest BCUT2D eigenvalue weighted by molar-refractivity contribution is 5.97. The number of aromatic nitrogens is 1. The van der Waals surface area contributed by atoms with Gasteiger partial charge in [0, 0.05) is 18.1 Å². The van der Waals surface area contributed by atoms with Crippen LogP contribution >= 0.6 is 0 Å². The molecule has 4 nitrogen and oxygen atoms in total. The first-order chi connectivity index (χ1) is 8.47. The molecule has 0 spiro atoms. The minimum absolute atomic E-state index is 0.0817. The molecule has 0 bridgehead atoms. The van der Waals surface area contributed by atoms with E-state index in [0.717, 1.165) is 17.5 Å². The summed E-state index contributed by atoms with van der Waals surface area (Å²) in [6.45, 7) is 3.75. The average Bonchev–Trinajstić information content (AvgIpc) is 2.35. The lowest BCUT2D eigenvalue weighted by atomic mass is 10.0. The summed E-state index contributed by atoms with van der Waals surface area (Å²) in [7, 11) is 1.83. The summed E-state index contributed by atoms with van der Waals surface area (Å²) >= 11 is 0. The Kier molecular flexibility index (Phi) is 2.95. The fraction of sp³-hybridized carbons (Fsp3) is 0.286. The third-order valence-corrected chi connectivity index (χ3v) is 3.41. The SMILES string of the molecule is CCc1ccc2c(c1)c(=O)c(C(N)=O)c(C)n2C. The van der Waals surface area contributed by atoms with Gasteiger partial charge in [-0.3, -0.25) is 9.59 Å². The van der Waals surface area contributed by atoms with Crippen LogP contribution in [-0.2, 0) is 13.5 Å². The van der Waals surface area contributed by atoms with Crippen molar-refractivity contribution in [3.63, 3.8) is 0 Å². The first-order valence-corrected chi connectivity index (χ1v) is 5.89. The molecular weight excluding hydrogens is 228 g/mol. The van der Waals surface area contributed by atoms with E-state index in [9.17, 15) is 9.59 Å².